The van der Waals surface area contributed by atoms with E-state index in [1.165, 1.54) is 4.90 Å². The van der Waals surface area contributed by atoms with Crippen LogP contribution in [0.1, 0.15) is 38.8 Å². The predicted octanol–water partition coefficient (Wildman–Crippen LogP) is 3.75. The monoisotopic (exact) mass is 493 g/mol. The Morgan fingerprint density at radius 1 is 1.06 bits per heavy atom. The van der Waals surface area contributed by atoms with Gasteiger partial charge >= 0.3 is 0 Å². The topological polar surface area (TPSA) is 86.8 Å². The molecule has 0 saturated heterocycles. The molecule has 180 valence electrons. The molecule has 0 saturated carbocycles. The smallest absolute Gasteiger partial charge is 0.244 e. The summed E-state index contributed by atoms with van der Waals surface area (Å²) in [6, 6.07) is 13.1. The number of hydrogen-bond acceptors (Lipinski definition) is 4. The highest BCUT2D eigenvalue weighted by atomic mass is 35.5. The summed E-state index contributed by atoms with van der Waals surface area (Å²) in [6.07, 6.45) is 1.06. The molecule has 0 aliphatic carbocycles. The number of hydrogen-bond donors (Lipinski definition) is 1. The van der Waals surface area contributed by atoms with E-state index in [1.807, 2.05) is 20.8 Å². The molecule has 1 atom stereocenters. The molecule has 2 rings (SSSR count). The van der Waals surface area contributed by atoms with Crippen molar-refractivity contribution in [3.8, 4) is 0 Å². The van der Waals surface area contributed by atoms with Gasteiger partial charge in [0.25, 0.3) is 0 Å². The van der Waals surface area contributed by atoms with Crippen LogP contribution in [0.3, 0.4) is 0 Å². The summed E-state index contributed by atoms with van der Waals surface area (Å²) in [4.78, 5) is 27.8. The number of benzene rings is 2. The molecule has 1 N–H and O–H groups in total. The molecule has 0 fully saturated rings. The minimum absolute atomic E-state index is 0.125. The molecule has 33 heavy (non-hydrogen) atoms. The third kappa shape index (κ3) is 7.75. The number of sulfonamides is 1. The highest BCUT2D eigenvalue weighted by Crippen LogP contribution is 2.23. The van der Waals surface area contributed by atoms with Crippen molar-refractivity contribution in [2.24, 2.45) is 0 Å². The van der Waals surface area contributed by atoms with E-state index in [-0.39, 0.29) is 12.5 Å². The quantitative estimate of drug-likeness (QED) is 0.606. The van der Waals surface area contributed by atoms with Gasteiger partial charge < -0.3 is 10.2 Å². The van der Waals surface area contributed by atoms with Crippen LogP contribution in [0.4, 0.5) is 5.69 Å². The van der Waals surface area contributed by atoms with Crippen molar-refractivity contribution < 1.29 is 18.0 Å². The first-order valence-corrected chi connectivity index (χ1v) is 12.8. The predicted molar refractivity (Wildman–Crippen MR) is 133 cm³/mol. The largest absolute Gasteiger partial charge is 0.350 e. The van der Waals surface area contributed by atoms with Crippen molar-refractivity contribution in [3.63, 3.8) is 0 Å². The van der Waals surface area contributed by atoms with Crippen molar-refractivity contribution in [2.75, 3.05) is 17.1 Å². The van der Waals surface area contributed by atoms with Crippen LogP contribution < -0.4 is 9.62 Å². The zero-order valence-corrected chi connectivity index (χ0v) is 21.5. The van der Waals surface area contributed by atoms with E-state index in [4.69, 9.17) is 11.6 Å². The minimum Gasteiger partial charge on any atom is -0.350 e. The lowest BCUT2D eigenvalue weighted by Crippen LogP contribution is -2.54. The zero-order valence-electron chi connectivity index (χ0n) is 19.9. The number of halogens is 1. The second-order valence-corrected chi connectivity index (χ2v) is 11.5. The highest BCUT2D eigenvalue weighted by Gasteiger charge is 2.31. The van der Waals surface area contributed by atoms with Crippen molar-refractivity contribution in [3.05, 3.63) is 64.7 Å². The standard InChI is InChI=1S/C24H32ClN3O4S/c1-17-9-7-8-10-21(17)28(33(6,31)32)16-22(29)27(15-19-11-13-20(25)14-12-19)18(2)23(30)26-24(3,4)5/h7-14,18H,15-16H2,1-6H3,(H,26,30). The Morgan fingerprint density at radius 2 is 1.64 bits per heavy atom. The van der Waals surface area contributed by atoms with Gasteiger partial charge in [0.15, 0.2) is 0 Å². The van der Waals surface area contributed by atoms with E-state index >= 15 is 0 Å². The number of aryl methyl sites for hydroxylation is 1. The van der Waals surface area contributed by atoms with Crippen LogP contribution in [0.5, 0.6) is 0 Å². The second-order valence-electron chi connectivity index (χ2n) is 9.12. The molecule has 1 unspecified atom stereocenters. The van der Waals surface area contributed by atoms with E-state index in [0.29, 0.717) is 10.7 Å². The summed E-state index contributed by atoms with van der Waals surface area (Å²) in [5.41, 5.74) is 1.43. The number of rotatable bonds is 8. The molecule has 0 aromatic heterocycles. The maximum atomic E-state index is 13.5. The summed E-state index contributed by atoms with van der Waals surface area (Å²) in [5.74, 6) is -0.818. The first kappa shape index (κ1) is 26.7. The van der Waals surface area contributed by atoms with Gasteiger partial charge in [-0.25, -0.2) is 8.42 Å². The molecule has 0 heterocycles. The Hall–Kier alpha value is -2.58. The highest BCUT2D eigenvalue weighted by molar-refractivity contribution is 7.92. The van der Waals surface area contributed by atoms with Crippen molar-refractivity contribution in [2.45, 2.75) is 52.7 Å². The molecule has 0 aliphatic rings. The molecule has 2 aromatic carbocycles. The molecule has 2 aromatic rings. The van der Waals surface area contributed by atoms with Gasteiger partial charge in [0, 0.05) is 17.1 Å². The van der Waals surface area contributed by atoms with Crippen molar-refractivity contribution in [1.29, 1.82) is 0 Å². The van der Waals surface area contributed by atoms with Gasteiger partial charge in [-0.1, -0.05) is 41.9 Å². The molecule has 0 bridgehead atoms. The van der Waals surface area contributed by atoms with Crippen LogP contribution in [-0.4, -0.2) is 49.5 Å². The van der Waals surface area contributed by atoms with Crippen LogP contribution in [0.2, 0.25) is 5.02 Å². The maximum absolute atomic E-state index is 13.5. The SMILES string of the molecule is Cc1ccccc1N(CC(=O)N(Cc1ccc(Cl)cc1)C(C)C(=O)NC(C)(C)C)S(C)(=O)=O. The van der Waals surface area contributed by atoms with Gasteiger partial charge in [0.2, 0.25) is 21.8 Å². The Balaban J connectivity index is 2.41. The Labute approximate surface area is 201 Å². The van der Waals surface area contributed by atoms with Crippen LogP contribution in [-0.2, 0) is 26.2 Å². The second kappa shape index (κ2) is 10.6. The van der Waals surface area contributed by atoms with Crippen LogP contribution in [0.25, 0.3) is 0 Å². The summed E-state index contributed by atoms with van der Waals surface area (Å²) < 4.78 is 26.3. The molecule has 0 radical (unpaired) electrons. The van der Waals surface area contributed by atoms with Gasteiger partial charge in [-0.05, 0) is 63.9 Å². The van der Waals surface area contributed by atoms with E-state index in [1.54, 1.807) is 62.4 Å². The molecule has 0 spiro atoms. The van der Waals surface area contributed by atoms with E-state index in [9.17, 15) is 18.0 Å². The molecular formula is C24H32ClN3O4S. The fraction of sp³-hybridized carbons (Fsp3) is 0.417. The van der Waals surface area contributed by atoms with Gasteiger partial charge in [-0.15, -0.1) is 0 Å². The lowest BCUT2D eigenvalue weighted by molar-refractivity contribution is -0.140. The third-order valence-corrected chi connectivity index (χ3v) is 6.37. The maximum Gasteiger partial charge on any atom is 0.244 e. The van der Waals surface area contributed by atoms with Gasteiger partial charge in [0.1, 0.15) is 12.6 Å². The van der Waals surface area contributed by atoms with Gasteiger partial charge in [-0.2, -0.15) is 0 Å². The van der Waals surface area contributed by atoms with E-state index in [0.717, 1.165) is 21.7 Å². The summed E-state index contributed by atoms with van der Waals surface area (Å²) in [5, 5.41) is 3.44. The minimum atomic E-state index is -3.75. The fourth-order valence-electron chi connectivity index (χ4n) is 3.28. The Kier molecular flexibility index (Phi) is 8.54. The number of carbonyl (C=O) groups is 2. The van der Waals surface area contributed by atoms with Crippen LogP contribution in [0.15, 0.2) is 48.5 Å². The zero-order chi connectivity index (χ0) is 25.0. The summed E-state index contributed by atoms with van der Waals surface area (Å²) in [6.45, 7) is 8.67. The number of nitrogens with one attached hydrogen (secondary N) is 1. The number of anilines is 1. The molecule has 9 heteroatoms. The Morgan fingerprint density at radius 3 is 2.15 bits per heavy atom. The summed E-state index contributed by atoms with van der Waals surface area (Å²) >= 11 is 5.98. The number of carbonyl (C=O) groups excluding carboxylic acids is 2. The van der Waals surface area contributed by atoms with Crippen molar-refractivity contribution >= 4 is 39.1 Å². The van der Waals surface area contributed by atoms with Gasteiger partial charge in [-0.3, -0.25) is 13.9 Å². The number of amides is 2. The molecule has 0 aliphatic heterocycles. The summed E-state index contributed by atoms with van der Waals surface area (Å²) in [7, 11) is -3.75. The number of para-hydroxylation sites is 1. The normalized spacial score (nSPS) is 12.7. The lowest BCUT2D eigenvalue weighted by atomic mass is 10.1. The van der Waals surface area contributed by atoms with E-state index in [2.05, 4.69) is 5.32 Å². The van der Waals surface area contributed by atoms with Crippen LogP contribution in [0, 0.1) is 6.92 Å². The van der Waals surface area contributed by atoms with E-state index < -0.39 is 34.1 Å². The average Bonchev–Trinajstić information content (AvgIpc) is 2.69. The Bertz CT molecular complexity index is 1100. The van der Waals surface area contributed by atoms with Gasteiger partial charge in [0.05, 0.1) is 11.9 Å². The van der Waals surface area contributed by atoms with Crippen LogP contribution >= 0.6 is 11.6 Å². The molecule has 7 nitrogen and oxygen atoms in total. The third-order valence-electron chi connectivity index (χ3n) is 5.00. The molecular weight excluding hydrogens is 462 g/mol. The average molecular weight is 494 g/mol. The first-order valence-electron chi connectivity index (χ1n) is 10.6. The fourth-order valence-corrected chi connectivity index (χ4v) is 4.31. The lowest BCUT2D eigenvalue weighted by Gasteiger charge is -2.33. The molecule has 2 amide bonds. The number of nitrogens with zero attached hydrogens (tertiary/aromatic N) is 2. The first-order chi connectivity index (χ1) is 15.2. The van der Waals surface area contributed by atoms with Crippen molar-refractivity contribution in [1.82, 2.24) is 10.2 Å².